The molecule has 0 aliphatic carbocycles. The van der Waals surface area contributed by atoms with Gasteiger partial charge in [-0.1, -0.05) is 18.2 Å². The van der Waals surface area contributed by atoms with Gasteiger partial charge in [0.1, 0.15) is 11.6 Å². The third-order valence-electron chi connectivity index (χ3n) is 4.95. The Hall–Kier alpha value is -2.45. The second kappa shape index (κ2) is 9.84. The van der Waals surface area contributed by atoms with Gasteiger partial charge in [0.05, 0.1) is 18.0 Å². The molecule has 0 saturated heterocycles. The Morgan fingerprint density at radius 3 is 2.34 bits per heavy atom. The number of hydrogen-bond donors (Lipinski definition) is 0. The van der Waals surface area contributed by atoms with Crippen molar-refractivity contribution in [2.45, 2.75) is 30.7 Å². The molecule has 0 aromatic heterocycles. The molecule has 0 aliphatic rings. The number of carbonyl (C=O) groups excluding carboxylic acids is 1. The summed E-state index contributed by atoms with van der Waals surface area (Å²) >= 11 is 0. The Labute approximate surface area is 171 Å². The number of methoxy groups -OCH3 is 1. The van der Waals surface area contributed by atoms with Gasteiger partial charge < -0.3 is 9.64 Å². The highest BCUT2D eigenvalue weighted by Crippen LogP contribution is 2.28. The molecule has 158 valence electrons. The maximum absolute atomic E-state index is 13.0. The first-order valence-electron chi connectivity index (χ1n) is 9.29. The molecule has 1 amide bonds. The lowest BCUT2D eigenvalue weighted by Gasteiger charge is -2.27. The number of carbonyl (C=O) groups is 1. The summed E-state index contributed by atoms with van der Waals surface area (Å²) in [5, 5.41) is 0. The zero-order valence-corrected chi connectivity index (χ0v) is 17.9. The van der Waals surface area contributed by atoms with Gasteiger partial charge in [-0.2, -0.15) is 0 Å². The van der Waals surface area contributed by atoms with Crippen molar-refractivity contribution in [2.24, 2.45) is 0 Å². The van der Waals surface area contributed by atoms with E-state index in [-0.39, 0.29) is 29.8 Å². The SMILES string of the molecule is COc1ccccc1C(C)N(C)C(=O)CCCN(C)S(=O)(=O)c1ccc(F)cc1. The first-order valence-corrected chi connectivity index (χ1v) is 10.7. The van der Waals surface area contributed by atoms with Gasteiger partial charge in [0.2, 0.25) is 15.9 Å². The smallest absolute Gasteiger partial charge is 0.242 e. The highest BCUT2D eigenvalue weighted by molar-refractivity contribution is 7.89. The van der Waals surface area contributed by atoms with Crippen molar-refractivity contribution in [3.63, 3.8) is 0 Å². The zero-order valence-electron chi connectivity index (χ0n) is 17.1. The standard InChI is InChI=1S/C21H27FN2O4S/c1-16(19-8-5-6-9-20(19)28-4)24(3)21(25)10-7-15-23(2)29(26,27)18-13-11-17(22)12-14-18/h5-6,8-9,11-14,16H,7,10,15H2,1-4H3. The minimum Gasteiger partial charge on any atom is -0.496 e. The van der Waals surface area contributed by atoms with Crippen LogP contribution in [-0.4, -0.2) is 51.3 Å². The van der Waals surface area contributed by atoms with Crippen LogP contribution in [0.15, 0.2) is 53.4 Å². The van der Waals surface area contributed by atoms with Crippen molar-refractivity contribution in [2.75, 3.05) is 27.7 Å². The van der Waals surface area contributed by atoms with Crippen LogP contribution < -0.4 is 4.74 Å². The third kappa shape index (κ3) is 5.55. The summed E-state index contributed by atoms with van der Waals surface area (Å²) in [5.74, 6) is 0.130. The van der Waals surface area contributed by atoms with Gasteiger partial charge in [-0.25, -0.2) is 17.1 Å². The first kappa shape index (κ1) is 22.8. The normalized spacial score (nSPS) is 12.6. The molecular formula is C21H27FN2O4S. The molecular weight excluding hydrogens is 395 g/mol. The zero-order chi connectivity index (χ0) is 21.6. The Kier molecular flexibility index (Phi) is 7.75. The number of ether oxygens (including phenoxy) is 1. The van der Waals surface area contributed by atoms with E-state index in [1.807, 2.05) is 31.2 Å². The Balaban J connectivity index is 1.93. The molecule has 0 aliphatic heterocycles. The van der Waals surface area contributed by atoms with E-state index in [4.69, 9.17) is 4.74 Å². The summed E-state index contributed by atoms with van der Waals surface area (Å²) in [7, 11) is 1.04. The first-order chi connectivity index (χ1) is 13.7. The number of rotatable bonds is 9. The van der Waals surface area contributed by atoms with Crippen LogP contribution in [0.1, 0.15) is 31.4 Å². The topological polar surface area (TPSA) is 66.9 Å². The summed E-state index contributed by atoms with van der Waals surface area (Å²) in [6, 6.07) is 12.0. The minimum atomic E-state index is -3.72. The van der Waals surface area contributed by atoms with Gasteiger partial charge in [-0.05, 0) is 43.7 Å². The summed E-state index contributed by atoms with van der Waals surface area (Å²) < 4.78 is 44.6. The molecule has 0 bridgehead atoms. The Morgan fingerprint density at radius 1 is 1.10 bits per heavy atom. The van der Waals surface area contributed by atoms with Crippen molar-refractivity contribution >= 4 is 15.9 Å². The van der Waals surface area contributed by atoms with Crippen LogP contribution in [0, 0.1) is 5.82 Å². The number of nitrogens with zero attached hydrogens (tertiary/aromatic N) is 2. The van der Waals surface area contributed by atoms with E-state index in [9.17, 15) is 17.6 Å². The fourth-order valence-corrected chi connectivity index (χ4v) is 4.18. The number of para-hydroxylation sites is 1. The third-order valence-corrected chi connectivity index (χ3v) is 6.82. The molecule has 8 heteroatoms. The van der Waals surface area contributed by atoms with Crippen LogP contribution in [0.3, 0.4) is 0 Å². The molecule has 0 fully saturated rings. The fourth-order valence-electron chi connectivity index (χ4n) is 2.97. The Bertz CT molecular complexity index is 932. The van der Waals surface area contributed by atoms with Crippen LogP contribution >= 0.6 is 0 Å². The predicted octanol–water partition coefficient (Wildman–Crippen LogP) is 3.45. The van der Waals surface area contributed by atoms with Crippen molar-refractivity contribution < 1.29 is 22.3 Å². The number of hydrogen-bond acceptors (Lipinski definition) is 4. The van der Waals surface area contributed by atoms with Crippen LogP contribution in [-0.2, 0) is 14.8 Å². The second-order valence-electron chi connectivity index (χ2n) is 6.81. The monoisotopic (exact) mass is 422 g/mol. The molecule has 0 radical (unpaired) electrons. The molecule has 6 nitrogen and oxygen atoms in total. The summed E-state index contributed by atoms with van der Waals surface area (Å²) in [4.78, 5) is 14.2. The van der Waals surface area contributed by atoms with Gasteiger partial charge >= 0.3 is 0 Å². The van der Waals surface area contributed by atoms with Crippen LogP contribution in [0.2, 0.25) is 0 Å². The van der Waals surface area contributed by atoms with E-state index in [1.165, 1.54) is 23.5 Å². The van der Waals surface area contributed by atoms with Crippen molar-refractivity contribution in [1.29, 1.82) is 0 Å². The molecule has 2 aromatic carbocycles. The predicted molar refractivity (Wildman–Crippen MR) is 110 cm³/mol. The lowest BCUT2D eigenvalue weighted by Crippen LogP contribution is -2.32. The second-order valence-corrected chi connectivity index (χ2v) is 8.85. The molecule has 0 N–H and O–H groups in total. The van der Waals surface area contributed by atoms with Crippen LogP contribution in [0.25, 0.3) is 0 Å². The number of halogens is 1. The van der Waals surface area contributed by atoms with E-state index in [1.54, 1.807) is 19.1 Å². The van der Waals surface area contributed by atoms with Gasteiger partial charge in [0.15, 0.2) is 0 Å². The maximum Gasteiger partial charge on any atom is 0.242 e. The minimum absolute atomic E-state index is 0.0228. The number of benzene rings is 2. The van der Waals surface area contributed by atoms with Crippen molar-refractivity contribution in [3.05, 3.63) is 59.9 Å². The molecule has 2 aromatic rings. The van der Waals surface area contributed by atoms with E-state index in [2.05, 4.69) is 0 Å². The maximum atomic E-state index is 13.0. The molecule has 1 unspecified atom stereocenters. The van der Waals surface area contributed by atoms with Gasteiger partial charge in [0, 0.05) is 32.6 Å². The lowest BCUT2D eigenvalue weighted by atomic mass is 10.1. The van der Waals surface area contributed by atoms with Crippen LogP contribution in [0.5, 0.6) is 5.75 Å². The molecule has 0 heterocycles. The summed E-state index contributed by atoms with van der Waals surface area (Å²) in [6.45, 7) is 2.10. The van der Waals surface area contributed by atoms with Gasteiger partial charge in [0.25, 0.3) is 0 Å². The molecule has 0 spiro atoms. The molecule has 2 rings (SSSR count). The highest BCUT2D eigenvalue weighted by atomic mass is 32.2. The average molecular weight is 423 g/mol. The summed E-state index contributed by atoms with van der Waals surface area (Å²) in [6.07, 6.45) is 0.581. The summed E-state index contributed by atoms with van der Waals surface area (Å²) in [5.41, 5.74) is 0.904. The molecule has 29 heavy (non-hydrogen) atoms. The van der Waals surface area contributed by atoms with Crippen LogP contribution in [0.4, 0.5) is 4.39 Å². The van der Waals surface area contributed by atoms with E-state index < -0.39 is 15.8 Å². The quantitative estimate of drug-likeness (QED) is 0.621. The van der Waals surface area contributed by atoms with Crippen molar-refractivity contribution in [1.82, 2.24) is 9.21 Å². The largest absolute Gasteiger partial charge is 0.496 e. The van der Waals surface area contributed by atoms with E-state index in [0.29, 0.717) is 12.2 Å². The van der Waals surface area contributed by atoms with Gasteiger partial charge in [-0.3, -0.25) is 4.79 Å². The number of amides is 1. The molecule has 1 atom stereocenters. The number of sulfonamides is 1. The highest BCUT2D eigenvalue weighted by Gasteiger charge is 2.23. The Morgan fingerprint density at radius 2 is 1.72 bits per heavy atom. The van der Waals surface area contributed by atoms with E-state index >= 15 is 0 Å². The molecule has 0 saturated carbocycles. The average Bonchev–Trinajstić information content (AvgIpc) is 2.72. The van der Waals surface area contributed by atoms with Gasteiger partial charge in [-0.15, -0.1) is 0 Å². The van der Waals surface area contributed by atoms with Crippen molar-refractivity contribution in [3.8, 4) is 5.75 Å². The fraction of sp³-hybridized carbons (Fsp3) is 0.381. The lowest BCUT2D eigenvalue weighted by molar-refractivity contribution is -0.131. The van der Waals surface area contributed by atoms with E-state index in [0.717, 1.165) is 17.7 Å².